The Morgan fingerprint density at radius 1 is 0.407 bits per heavy atom. The molecule has 0 bridgehead atoms. The monoisotopic (exact) mass is 830 g/mol. The van der Waals surface area contributed by atoms with Gasteiger partial charge in [0, 0.05) is 0 Å². The van der Waals surface area contributed by atoms with Crippen molar-refractivity contribution in [1.29, 1.82) is 0 Å². The summed E-state index contributed by atoms with van der Waals surface area (Å²) >= 11 is 0. The number of amides is 1. The van der Waals surface area contributed by atoms with E-state index in [1.54, 1.807) is 0 Å². The summed E-state index contributed by atoms with van der Waals surface area (Å²) in [6.07, 6.45) is 58.8. The van der Waals surface area contributed by atoms with Gasteiger partial charge in [0.2, 0.25) is 5.91 Å². The average Bonchev–Trinajstić information content (AvgIpc) is 3.24. The van der Waals surface area contributed by atoms with Gasteiger partial charge in [0.25, 0.3) is 0 Å². The molecule has 6 heteroatoms. The predicted molar refractivity (Wildman–Crippen MR) is 256 cm³/mol. The second-order valence-corrected chi connectivity index (χ2v) is 17.5. The Hall–Kier alpha value is -1.73. The van der Waals surface area contributed by atoms with Crippen molar-refractivity contribution in [2.24, 2.45) is 0 Å². The largest absolute Gasteiger partial charge is 0.394 e. The first-order chi connectivity index (χ1) is 29.0. The van der Waals surface area contributed by atoms with Crippen LogP contribution in [0.25, 0.3) is 0 Å². The summed E-state index contributed by atoms with van der Waals surface area (Å²) in [6, 6.07) is -1.01. The summed E-state index contributed by atoms with van der Waals surface area (Å²) in [5.41, 5.74) is 0. The smallest absolute Gasteiger partial charge is 0.249 e. The third kappa shape index (κ3) is 41.4. The number of carbonyl (C=O) groups is 1. The molecule has 0 aliphatic rings. The van der Waals surface area contributed by atoms with Crippen LogP contribution in [0.5, 0.6) is 0 Å². The van der Waals surface area contributed by atoms with Gasteiger partial charge in [-0.25, -0.2) is 0 Å². The minimum Gasteiger partial charge on any atom is -0.394 e. The molecular formula is C53H99NO5. The molecule has 0 radical (unpaired) electrons. The van der Waals surface area contributed by atoms with Crippen LogP contribution in [0.15, 0.2) is 48.6 Å². The Labute approximate surface area is 366 Å². The van der Waals surface area contributed by atoms with Gasteiger partial charge in [-0.1, -0.05) is 217 Å². The van der Waals surface area contributed by atoms with Gasteiger partial charge in [0.15, 0.2) is 0 Å². The second-order valence-electron chi connectivity index (χ2n) is 17.5. The van der Waals surface area contributed by atoms with Crippen molar-refractivity contribution >= 4 is 5.91 Å². The molecule has 5 N–H and O–H groups in total. The van der Waals surface area contributed by atoms with Gasteiger partial charge in [0.1, 0.15) is 12.2 Å². The van der Waals surface area contributed by atoms with Crippen molar-refractivity contribution < 1.29 is 25.2 Å². The lowest BCUT2D eigenvalue weighted by Crippen LogP contribution is -2.53. The van der Waals surface area contributed by atoms with E-state index in [0.717, 1.165) is 51.4 Å². The van der Waals surface area contributed by atoms with Crippen molar-refractivity contribution in [3.05, 3.63) is 48.6 Å². The number of hydrogen-bond acceptors (Lipinski definition) is 5. The second kappa shape index (κ2) is 47.3. The third-order valence-corrected chi connectivity index (χ3v) is 11.7. The molecule has 0 aromatic heterocycles. The van der Waals surface area contributed by atoms with Crippen LogP contribution < -0.4 is 5.32 Å². The fourth-order valence-electron chi connectivity index (χ4n) is 7.65. The quantitative estimate of drug-likeness (QED) is 0.0310. The predicted octanol–water partition coefficient (Wildman–Crippen LogP) is 14.2. The number of carbonyl (C=O) groups excluding carboxylic acids is 1. The van der Waals surface area contributed by atoms with E-state index in [-0.39, 0.29) is 0 Å². The van der Waals surface area contributed by atoms with Crippen molar-refractivity contribution in [3.63, 3.8) is 0 Å². The van der Waals surface area contributed by atoms with E-state index in [2.05, 4.69) is 67.8 Å². The maximum atomic E-state index is 12.5. The van der Waals surface area contributed by atoms with E-state index in [1.807, 2.05) is 0 Å². The molecule has 0 rings (SSSR count). The highest BCUT2D eigenvalue weighted by Gasteiger charge is 2.28. The van der Waals surface area contributed by atoms with E-state index >= 15 is 0 Å². The zero-order valence-electron chi connectivity index (χ0n) is 39.0. The molecule has 0 saturated carbocycles. The van der Waals surface area contributed by atoms with Gasteiger partial charge >= 0.3 is 0 Å². The molecule has 1 amide bonds. The fourth-order valence-corrected chi connectivity index (χ4v) is 7.65. The van der Waals surface area contributed by atoms with E-state index in [0.29, 0.717) is 19.3 Å². The van der Waals surface area contributed by atoms with Crippen LogP contribution >= 0.6 is 0 Å². The maximum Gasteiger partial charge on any atom is 0.249 e. The molecule has 346 valence electrons. The molecule has 0 fully saturated rings. The number of rotatable bonds is 46. The van der Waals surface area contributed by atoms with Crippen molar-refractivity contribution in [2.75, 3.05) is 6.61 Å². The highest BCUT2D eigenvalue weighted by atomic mass is 16.3. The minimum absolute atomic E-state index is 0.358. The number of aliphatic hydroxyl groups excluding tert-OH is 4. The van der Waals surface area contributed by atoms with E-state index in [4.69, 9.17) is 0 Å². The fraction of sp³-hybridized carbons (Fsp3) is 0.830. The molecule has 0 aliphatic carbocycles. The summed E-state index contributed by atoms with van der Waals surface area (Å²) in [7, 11) is 0. The average molecular weight is 830 g/mol. The molecule has 0 aromatic carbocycles. The van der Waals surface area contributed by atoms with Crippen LogP contribution in [0.1, 0.15) is 251 Å². The molecule has 0 aliphatic heterocycles. The minimum atomic E-state index is -1.29. The Kier molecular flexibility index (Phi) is 45.9. The standard InChI is InChI=1S/C53H99NO5/c1-3-5-7-9-11-13-15-17-19-20-21-22-23-24-25-26-27-28-29-30-31-33-35-37-39-41-43-45-47-51(57)53(59)54-49(48-55)52(58)50(56)46-44-42-40-38-36-34-32-18-16-14-12-10-8-6-4-2/h10,12,18,24-25,32,38,40,49-52,55-58H,3-9,11,13-17,19-23,26-31,33-37,39,41-48H2,1-2H3,(H,54,59)/b12-10+,25-24-,32-18+,40-38+. The lowest BCUT2D eigenvalue weighted by atomic mass is 10.00. The van der Waals surface area contributed by atoms with Gasteiger partial charge in [-0.05, 0) is 83.5 Å². The number of nitrogens with one attached hydrogen (secondary N) is 1. The number of aliphatic hydroxyl groups is 4. The van der Waals surface area contributed by atoms with Crippen LogP contribution in [-0.4, -0.2) is 57.3 Å². The number of unbranched alkanes of at least 4 members (excludes halogenated alkanes) is 29. The number of allylic oxidation sites excluding steroid dienone is 8. The molecule has 6 nitrogen and oxygen atoms in total. The molecule has 59 heavy (non-hydrogen) atoms. The van der Waals surface area contributed by atoms with Gasteiger partial charge in [-0.15, -0.1) is 0 Å². The van der Waals surface area contributed by atoms with Crippen LogP contribution in [0.2, 0.25) is 0 Å². The van der Waals surface area contributed by atoms with E-state index < -0.39 is 36.9 Å². The van der Waals surface area contributed by atoms with Gasteiger partial charge in [-0.3, -0.25) is 4.79 Å². The summed E-state index contributed by atoms with van der Waals surface area (Å²) in [4.78, 5) is 12.5. The Morgan fingerprint density at radius 3 is 1.12 bits per heavy atom. The van der Waals surface area contributed by atoms with Gasteiger partial charge < -0.3 is 25.7 Å². The lowest BCUT2D eigenvalue weighted by Gasteiger charge is -2.27. The number of hydrogen-bond donors (Lipinski definition) is 5. The summed E-state index contributed by atoms with van der Waals surface area (Å²) in [6.45, 7) is 4.00. The molecule has 0 saturated heterocycles. The van der Waals surface area contributed by atoms with E-state index in [1.165, 1.54) is 167 Å². The van der Waals surface area contributed by atoms with E-state index in [9.17, 15) is 25.2 Å². The molecule has 0 spiro atoms. The first kappa shape index (κ1) is 57.3. The highest BCUT2D eigenvalue weighted by Crippen LogP contribution is 2.16. The Bertz CT molecular complexity index is 977. The summed E-state index contributed by atoms with van der Waals surface area (Å²) in [5.74, 6) is -0.600. The van der Waals surface area contributed by atoms with Crippen LogP contribution in [0, 0.1) is 0 Å². The zero-order valence-corrected chi connectivity index (χ0v) is 39.0. The normalized spacial score (nSPS) is 14.3. The zero-order chi connectivity index (χ0) is 43.1. The Morgan fingerprint density at radius 2 is 0.729 bits per heavy atom. The molecule has 0 aromatic rings. The molecule has 4 atom stereocenters. The maximum absolute atomic E-state index is 12.5. The molecule has 0 heterocycles. The molecular weight excluding hydrogens is 731 g/mol. The van der Waals surface area contributed by atoms with Crippen molar-refractivity contribution in [2.45, 2.75) is 276 Å². The van der Waals surface area contributed by atoms with Crippen molar-refractivity contribution in [1.82, 2.24) is 5.32 Å². The molecule has 4 unspecified atom stereocenters. The van der Waals surface area contributed by atoms with Crippen LogP contribution in [0.4, 0.5) is 0 Å². The lowest BCUT2D eigenvalue weighted by molar-refractivity contribution is -0.132. The third-order valence-electron chi connectivity index (χ3n) is 11.7. The SMILES string of the molecule is CCCC/C=C/CC/C=C/CC/C=C/CCCC(O)C(O)C(CO)NC(=O)C(O)CCCCCCCCCCCCCC/C=C\CCCCCCCCCCCCCC. The first-order valence-electron chi connectivity index (χ1n) is 25.5. The van der Waals surface area contributed by atoms with Crippen LogP contribution in [0.3, 0.4) is 0 Å². The topological polar surface area (TPSA) is 110 Å². The van der Waals surface area contributed by atoms with Gasteiger partial charge in [0.05, 0.1) is 18.8 Å². The van der Waals surface area contributed by atoms with Crippen LogP contribution in [-0.2, 0) is 4.79 Å². The Balaban J connectivity index is 3.67. The first-order valence-corrected chi connectivity index (χ1v) is 25.5. The summed E-state index contributed by atoms with van der Waals surface area (Å²) in [5, 5.41) is 43.7. The summed E-state index contributed by atoms with van der Waals surface area (Å²) < 4.78 is 0. The van der Waals surface area contributed by atoms with Gasteiger partial charge in [-0.2, -0.15) is 0 Å². The highest BCUT2D eigenvalue weighted by molar-refractivity contribution is 5.80. The van der Waals surface area contributed by atoms with Crippen molar-refractivity contribution in [3.8, 4) is 0 Å².